The van der Waals surface area contributed by atoms with Gasteiger partial charge in [0, 0.05) is 0 Å². The molecule has 4 heteroatoms. The fourth-order valence-corrected chi connectivity index (χ4v) is 8.38. The number of hydrogen-bond acceptors (Lipinski definition) is 3. The molecule has 0 bridgehead atoms. The standard InChI is InChI=1S/C27H27NOSSi/c1-23(27-18-11-19-30-27)28-29-31(20-24-12-5-2-6-13-24,21-25-14-7-3-8-15-25)22-26-16-9-4-10-17-26/h2-19,28H,1,20-22H2. The summed E-state index contributed by atoms with van der Waals surface area (Å²) in [4.78, 5) is 1.10. The maximum Gasteiger partial charge on any atom is 0.242 e. The van der Waals surface area contributed by atoms with Crippen LogP contribution in [0.3, 0.4) is 0 Å². The molecule has 31 heavy (non-hydrogen) atoms. The lowest BCUT2D eigenvalue weighted by molar-refractivity contribution is 0.231. The fraction of sp³-hybridized carbons (Fsp3) is 0.111. The molecule has 0 spiro atoms. The molecule has 156 valence electrons. The minimum atomic E-state index is -2.36. The van der Waals surface area contributed by atoms with E-state index in [1.807, 2.05) is 6.07 Å². The predicted octanol–water partition coefficient (Wildman–Crippen LogP) is 6.53. The van der Waals surface area contributed by atoms with Crippen LogP contribution in [0, 0.1) is 0 Å². The minimum absolute atomic E-state index is 0.820. The normalized spacial score (nSPS) is 11.2. The molecule has 0 atom stereocenters. The molecule has 0 fully saturated rings. The van der Waals surface area contributed by atoms with E-state index < -0.39 is 8.32 Å². The summed E-state index contributed by atoms with van der Waals surface area (Å²) in [5, 5.41) is 2.06. The highest BCUT2D eigenvalue weighted by molar-refractivity contribution is 7.11. The van der Waals surface area contributed by atoms with Gasteiger partial charge >= 0.3 is 0 Å². The third-order valence-electron chi connectivity index (χ3n) is 5.32. The van der Waals surface area contributed by atoms with Crippen LogP contribution in [-0.2, 0) is 22.7 Å². The second-order valence-corrected chi connectivity index (χ2v) is 12.4. The summed E-state index contributed by atoms with van der Waals surface area (Å²) < 4.78 is 6.72. The van der Waals surface area contributed by atoms with Gasteiger partial charge in [0.15, 0.2) is 0 Å². The average Bonchev–Trinajstić information content (AvgIpc) is 3.35. The van der Waals surface area contributed by atoms with E-state index in [4.69, 9.17) is 4.53 Å². The first-order chi connectivity index (χ1) is 15.2. The lowest BCUT2D eigenvalue weighted by Gasteiger charge is -2.32. The molecule has 1 N–H and O–H groups in total. The van der Waals surface area contributed by atoms with Gasteiger partial charge in [-0.1, -0.05) is 104 Å². The molecule has 0 radical (unpaired) electrons. The van der Waals surface area contributed by atoms with Crippen LogP contribution in [0.25, 0.3) is 5.70 Å². The number of nitrogens with one attached hydrogen (secondary N) is 1. The van der Waals surface area contributed by atoms with Crippen LogP contribution >= 0.6 is 11.3 Å². The van der Waals surface area contributed by atoms with Gasteiger partial charge in [-0.25, -0.2) is 0 Å². The smallest absolute Gasteiger partial charge is 0.242 e. The Morgan fingerprint density at radius 1 is 0.677 bits per heavy atom. The van der Waals surface area contributed by atoms with E-state index in [0.29, 0.717) is 0 Å². The van der Waals surface area contributed by atoms with E-state index in [2.05, 4.69) is 115 Å². The van der Waals surface area contributed by atoms with E-state index in [-0.39, 0.29) is 0 Å². The van der Waals surface area contributed by atoms with Crippen molar-refractivity contribution in [3.05, 3.63) is 137 Å². The molecule has 0 amide bonds. The molecule has 0 unspecified atom stereocenters. The maximum atomic E-state index is 6.72. The number of thiophene rings is 1. The van der Waals surface area contributed by atoms with Crippen LogP contribution in [0.4, 0.5) is 0 Å². The average molecular weight is 442 g/mol. The van der Waals surface area contributed by atoms with E-state index in [0.717, 1.165) is 28.7 Å². The molecule has 0 aliphatic rings. The van der Waals surface area contributed by atoms with Crippen molar-refractivity contribution >= 4 is 25.4 Å². The van der Waals surface area contributed by atoms with Crippen molar-refractivity contribution in [3.8, 4) is 0 Å². The van der Waals surface area contributed by atoms with Crippen LogP contribution in [0.5, 0.6) is 0 Å². The third-order valence-corrected chi connectivity index (χ3v) is 9.94. The number of hydrogen-bond donors (Lipinski definition) is 1. The number of hydroxylamine groups is 1. The second-order valence-electron chi connectivity index (χ2n) is 7.83. The predicted molar refractivity (Wildman–Crippen MR) is 134 cm³/mol. The van der Waals surface area contributed by atoms with Gasteiger partial charge in [0.2, 0.25) is 8.32 Å². The fourth-order valence-electron chi connectivity index (χ4n) is 3.87. The zero-order chi connectivity index (χ0) is 21.4. The van der Waals surface area contributed by atoms with Crippen molar-refractivity contribution < 1.29 is 4.53 Å². The molecule has 0 aliphatic heterocycles. The van der Waals surface area contributed by atoms with E-state index in [9.17, 15) is 0 Å². The number of rotatable bonds is 10. The molecule has 3 aromatic carbocycles. The Balaban J connectivity index is 1.67. The molecular formula is C27H27NOSSi. The Morgan fingerprint density at radius 3 is 1.52 bits per heavy atom. The van der Waals surface area contributed by atoms with Crippen LogP contribution in [-0.4, -0.2) is 8.32 Å². The molecular weight excluding hydrogens is 414 g/mol. The van der Waals surface area contributed by atoms with E-state index in [1.165, 1.54) is 16.7 Å². The van der Waals surface area contributed by atoms with Gasteiger partial charge in [0.25, 0.3) is 0 Å². The first kappa shape index (κ1) is 21.3. The van der Waals surface area contributed by atoms with Gasteiger partial charge in [-0.15, -0.1) is 11.3 Å². The van der Waals surface area contributed by atoms with Crippen molar-refractivity contribution in [2.24, 2.45) is 0 Å². The van der Waals surface area contributed by atoms with Crippen LogP contribution < -0.4 is 5.48 Å². The highest BCUT2D eigenvalue weighted by atomic mass is 32.1. The molecule has 1 heterocycles. The van der Waals surface area contributed by atoms with E-state index >= 15 is 0 Å². The first-order valence-electron chi connectivity index (χ1n) is 10.5. The Morgan fingerprint density at radius 2 is 1.13 bits per heavy atom. The van der Waals surface area contributed by atoms with Crippen LogP contribution in [0.1, 0.15) is 21.6 Å². The summed E-state index contributed by atoms with van der Waals surface area (Å²) in [7, 11) is -2.36. The highest BCUT2D eigenvalue weighted by Crippen LogP contribution is 2.25. The Labute approximate surface area is 189 Å². The van der Waals surface area contributed by atoms with Gasteiger partial charge in [-0.3, -0.25) is 5.48 Å². The summed E-state index contributed by atoms with van der Waals surface area (Å²) >= 11 is 1.67. The van der Waals surface area contributed by atoms with Crippen LogP contribution in [0.15, 0.2) is 115 Å². The lowest BCUT2D eigenvalue weighted by atomic mass is 10.2. The van der Waals surface area contributed by atoms with E-state index in [1.54, 1.807) is 11.3 Å². The molecule has 4 aromatic rings. The van der Waals surface area contributed by atoms with Crippen molar-refractivity contribution in [2.75, 3.05) is 0 Å². The van der Waals surface area contributed by atoms with Crippen molar-refractivity contribution in [1.29, 1.82) is 0 Å². The molecule has 2 nitrogen and oxygen atoms in total. The maximum absolute atomic E-state index is 6.72. The van der Waals surface area contributed by atoms with Crippen molar-refractivity contribution in [1.82, 2.24) is 5.48 Å². The number of benzene rings is 3. The van der Waals surface area contributed by atoms with Crippen LogP contribution in [0.2, 0.25) is 0 Å². The molecule has 0 saturated carbocycles. The second kappa shape index (κ2) is 10.4. The monoisotopic (exact) mass is 441 g/mol. The molecule has 4 rings (SSSR count). The summed E-state index contributed by atoms with van der Waals surface area (Å²) in [6.07, 6.45) is 0. The zero-order valence-electron chi connectivity index (χ0n) is 17.5. The Hall–Kier alpha value is -2.92. The van der Waals surface area contributed by atoms with Gasteiger partial charge in [0.05, 0.1) is 10.6 Å². The molecule has 0 saturated heterocycles. The topological polar surface area (TPSA) is 21.3 Å². The highest BCUT2D eigenvalue weighted by Gasteiger charge is 2.37. The summed E-state index contributed by atoms with van der Waals surface area (Å²) in [6, 6.07) is 38.9. The van der Waals surface area contributed by atoms with Crippen molar-refractivity contribution in [2.45, 2.75) is 18.1 Å². The first-order valence-corrected chi connectivity index (χ1v) is 13.9. The quantitative estimate of drug-likeness (QED) is 0.223. The Kier molecular flexibility index (Phi) is 7.15. The van der Waals surface area contributed by atoms with Gasteiger partial charge in [0.1, 0.15) is 0 Å². The third kappa shape index (κ3) is 6.04. The van der Waals surface area contributed by atoms with Crippen molar-refractivity contribution in [3.63, 3.8) is 0 Å². The summed E-state index contributed by atoms with van der Waals surface area (Å²) in [6.45, 7) is 4.22. The van der Waals surface area contributed by atoms with Gasteiger partial charge in [-0.2, -0.15) is 0 Å². The largest absolute Gasteiger partial charge is 0.321 e. The lowest BCUT2D eigenvalue weighted by Crippen LogP contribution is -2.50. The molecule has 1 aromatic heterocycles. The minimum Gasteiger partial charge on any atom is -0.321 e. The molecule has 0 aliphatic carbocycles. The Bertz CT molecular complexity index is 965. The zero-order valence-corrected chi connectivity index (χ0v) is 19.4. The summed E-state index contributed by atoms with van der Waals surface area (Å²) in [5.41, 5.74) is 8.01. The van der Waals surface area contributed by atoms with Gasteiger partial charge < -0.3 is 4.53 Å². The SMILES string of the molecule is C=C(NO[Si](Cc1ccccc1)(Cc1ccccc1)Cc1ccccc1)c1cccs1. The summed E-state index contributed by atoms with van der Waals surface area (Å²) in [5.74, 6) is 0. The van der Waals surface area contributed by atoms with Gasteiger partial charge in [-0.05, 0) is 46.3 Å².